The van der Waals surface area contributed by atoms with E-state index in [1.807, 2.05) is 18.2 Å². The molecule has 2 unspecified atom stereocenters. The lowest BCUT2D eigenvalue weighted by Crippen LogP contribution is -2.29. The van der Waals surface area contributed by atoms with E-state index in [4.69, 9.17) is 9.47 Å². The molecule has 0 radical (unpaired) electrons. The Kier molecular flexibility index (Phi) is 5.30. The van der Waals surface area contributed by atoms with E-state index in [9.17, 15) is 0 Å². The van der Waals surface area contributed by atoms with Crippen molar-refractivity contribution in [2.24, 2.45) is 11.8 Å². The second-order valence-electron chi connectivity index (χ2n) is 5.70. The molecule has 0 amide bonds. The Balaban J connectivity index is 2.35. The summed E-state index contributed by atoms with van der Waals surface area (Å²) in [6, 6.07) is 6.34. The highest BCUT2D eigenvalue weighted by Gasteiger charge is 2.36. The maximum atomic E-state index is 5.58. The zero-order chi connectivity index (χ0) is 14.5. The van der Waals surface area contributed by atoms with Gasteiger partial charge in [0.25, 0.3) is 0 Å². The summed E-state index contributed by atoms with van der Waals surface area (Å²) in [7, 11) is 3.47. The Morgan fingerprint density at radius 1 is 1.20 bits per heavy atom. The molecule has 0 bridgehead atoms. The van der Waals surface area contributed by atoms with Crippen molar-refractivity contribution in [3.8, 4) is 11.5 Å². The summed E-state index contributed by atoms with van der Waals surface area (Å²) in [5, 5.41) is 3.70. The fourth-order valence-electron chi connectivity index (χ4n) is 2.93. The average Bonchev–Trinajstić information content (AvgIpc) is 3.31. The minimum atomic E-state index is 0.300. The first-order valence-electron chi connectivity index (χ1n) is 7.67. The fraction of sp³-hybridized carbons (Fsp3) is 0.647. The van der Waals surface area contributed by atoms with E-state index in [2.05, 4.69) is 19.2 Å². The molecular weight excluding hydrogens is 250 g/mol. The van der Waals surface area contributed by atoms with Crippen molar-refractivity contribution >= 4 is 0 Å². The predicted octanol–water partition coefficient (Wildman–Crippen LogP) is 3.79. The number of ether oxygens (including phenoxy) is 2. The van der Waals surface area contributed by atoms with E-state index >= 15 is 0 Å². The molecule has 1 aliphatic rings. The Labute approximate surface area is 122 Å². The van der Waals surface area contributed by atoms with Gasteiger partial charge < -0.3 is 14.8 Å². The van der Waals surface area contributed by atoms with Crippen LogP contribution in [0.2, 0.25) is 0 Å². The molecule has 112 valence electrons. The van der Waals surface area contributed by atoms with Gasteiger partial charge in [-0.25, -0.2) is 0 Å². The van der Waals surface area contributed by atoms with Gasteiger partial charge >= 0.3 is 0 Å². The van der Waals surface area contributed by atoms with Gasteiger partial charge in [-0.05, 0) is 49.8 Å². The highest BCUT2D eigenvalue weighted by atomic mass is 16.5. The summed E-state index contributed by atoms with van der Waals surface area (Å²) in [5.74, 6) is 3.28. The highest BCUT2D eigenvalue weighted by molar-refractivity contribution is 5.47. The first-order chi connectivity index (χ1) is 9.72. The van der Waals surface area contributed by atoms with E-state index in [1.54, 1.807) is 14.2 Å². The lowest BCUT2D eigenvalue weighted by atomic mass is 9.89. The van der Waals surface area contributed by atoms with E-state index in [0.29, 0.717) is 12.0 Å². The van der Waals surface area contributed by atoms with Crippen molar-refractivity contribution in [3.63, 3.8) is 0 Å². The van der Waals surface area contributed by atoms with E-state index < -0.39 is 0 Å². The van der Waals surface area contributed by atoms with Crippen LogP contribution in [0.4, 0.5) is 0 Å². The Morgan fingerprint density at radius 2 is 1.80 bits per heavy atom. The van der Waals surface area contributed by atoms with Gasteiger partial charge in [-0.3, -0.25) is 0 Å². The van der Waals surface area contributed by atoms with Crippen LogP contribution < -0.4 is 14.8 Å². The molecule has 3 nitrogen and oxygen atoms in total. The lowest BCUT2D eigenvalue weighted by molar-refractivity contribution is 0.315. The average molecular weight is 277 g/mol. The minimum Gasteiger partial charge on any atom is -0.496 e. The third-order valence-electron chi connectivity index (χ3n) is 4.28. The Morgan fingerprint density at radius 3 is 2.25 bits per heavy atom. The minimum absolute atomic E-state index is 0.300. The van der Waals surface area contributed by atoms with Crippen molar-refractivity contribution in [1.82, 2.24) is 5.32 Å². The summed E-state index contributed by atoms with van der Waals surface area (Å²) in [4.78, 5) is 0. The summed E-state index contributed by atoms with van der Waals surface area (Å²) in [5.41, 5.74) is 1.17. The zero-order valence-electron chi connectivity index (χ0n) is 13.1. The van der Waals surface area contributed by atoms with Crippen LogP contribution in [-0.2, 0) is 0 Å². The summed E-state index contributed by atoms with van der Waals surface area (Å²) < 4.78 is 11.2. The van der Waals surface area contributed by atoms with Gasteiger partial charge in [-0.2, -0.15) is 0 Å². The lowest BCUT2D eigenvalue weighted by Gasteiger charge is -2.28. The first kappa shape index (κ1) is 15.2. The van der Waals surface area contributed by atoms with E-state index in [-0.39, 0.29) is 0 Å². The van der Waals surface area contributed by atoms with Crippen molar-refractivity contribution in [2.75, 3.05) is 20.8 Å². The van der Waals surface area contributed by atoms with Gasteiger partial charge in [0.2, 0.25) is 0 Å². The van der Waals surface area contributed by atoms with Gasteiger partial charge in [0, 0.05) is 6.04 Å². The Bertz CT molecular complexity index is 407. The van der Waals surface area contributed by atoms with Gasteiger partial charge in [0.1, 0.15) is 11.5 Å². The molecule has 1 aliphatic carbocycles. The maximum Gasteiger partial charge on any atom is 0.127 e. The van der Waals surface area contributed by atoms with E-state index in [0.717, 1.165) is 30.4 Å². The predicted molar refractivity (Wildman–Crippen MR) is 82.5 cm³/mol. The van der Waals surface area contributed by atoms with Crippen LogP contribution in [0.5, 0.6) is 11.5 Å². The summed E-state index contributed by atoms with van der Waals surface area (Å²) in [6.07, 6.45) is 3.83. The normalized spacial score (nSPS) is 17.6. The molecule has 1 saturated carbocycles. The second kappa shape index (κ2) is 6.98. The molecule has 3 heteroatoms. The first-order valence-corrected chi connectivity index (χ1v) is 7.67. The molecule has 0 aromatic heterocycles. The van der Waals surface area contributed by atoms with Crippen LogP contribution >= 0.6 is 0 Å². The molecule has 2 atom stereocenters. The van der Waals surface area contributed by atoms with Gasteiger partial charge in [0.15, 0.2) is 0 Å². The molecular formula is C17H27NO2. The Hall–Kier alpha value is -1.22. The third kappa shape index (κ3) is 3.26. The standard InChI is InChI=1S/C17H27NO2/c1-5-11-18-17(12(2)13-9-10-13)16-14(19-3)7-6-8-15(16)20-4/h6-8,12-13,17-18H,5,9-11H2,1-4H3. The quantitative estimate of drug-likeness (QED) is 0.784. The van der Waals surface area contributed by atoms with Crippen LogP contribution in [0.1, 0.15) is 44.7 Å². The van der Waals surface area contributed by atoms with Crippen LogP contribution in [0.3, 0.4) is 0 Å². The van der Waals surface area contributed by atoms with Crippen LogP contribution in [0.15, 0.2) is 18.2 Å². The number of hydrogen-bond donors (Lipinski definition) is 1. The smallest absolute Gasteiger partial charge is 0.127 e. The van der Waals surface area contributed by atoms with Gasteiger partial charge in [0.05, 0.1) is 19.8 Å². The molecule has 1 fully saturated rings. The molecule has 1 aromatic rings. The molecule has 0 saturated heterocycles. The monoisotopic (exact) mass is 277 g/mol. The molecule has 20 heavy (non-hydrogen) atoms. The summed E-state index contributed by atoms with van der Waals surface area (Å²) >= 11 is 0. The number of hydrogen-bond acceptors (Lipinski definition) is 3. The van der Waals surface area contributed by atoms with Crippen LogP contribution in [0, 0.1) is 11.8 Å². The van der Waals surface area contributed by atoms with Crippen LogP contribution in [0.25, 0.3) is 0 Å². The van der Waals surface area contributed by atoms with Crippen LogP contribution in [-0.4, -0.2) is 20.8 Å². The topological polar surface area (TPSA) is 30.5 Å². The number of methoxy groups -OCH3 is 2. The number of benzene rings is 1. The van der Waals surface area contributed by atoms with Crippen molar-refractivity contribution < 1.29 is 9.47 Å². The third-order valence-corrected chi connectivity index (χ3v) is 4.28. The largest absolute Gasteiger partial charge is 0.496 e. The van der Waals surface area contributed by atoms with Crippen molar-refractivity contribution in [3.05, 3.63) is 23.8 Å². The van der Waals surface area contributed by atoms with E-state index in [1.165, 1.54) is 18.4 Å². The van der Waals surface area contributed by atoms with Gasteiger partial charge in [-0.1, -0.05) is 19.9 Å². The zero-order valence-corrected chi connectivity index (χ0v) is 13.1. The fourth-order valence-corrected chi connectivity index (χ4v) is 2.93. The second-order valence-corrected chi connectivity index (χ2v) is 5.70. The SMILES string of the molecule is CCCNC(c1c(OC)cccc1OC)C(C)C1CC1. The van der Waals surface area contributed by atoms with Crippen molar-refractivity contribution in [1.29, 1.82) is 0 Å². The molecule has 0 heterocycles. The number of nitrogens with one attached hydrogen (secondary N) is 1. The van der Waals surface area contributed by atoms with Gasteiger partial charge in [-0.15, -0.1) is 0 Å². The molecule has 0 aliphatic heterocycles. The highest BCUT2D eigenvalue weighted by Crippen LogP contribution is 2.46. The molecule has 0 spiro atoms. The maximum absolute atomic E-state index is 5.58. The summed E-state index contributed by atoms with van der Waals surface area (Å²) in [6.45, 7) is 5.56. The molecule has 1 aromatic carbocycles. The molecule has 1 N–H and O–H groups in total. The van der Waals surface area contributed by atoms with Crippen molar-refractivity contribution in [2.45, 2.75) is 39.2 Å². The number of rotatable bonds is 8. The molecule has 2 rings (SSSR count).